The highest BCUT2D eigenvalue weighted by Gasteiger charge is 2.49. The molecule has 2 amide bonds. The number of esters is 1. The molecule has 1 N–H and O–H groups in total. The van der Waals surface area contributed by atoms with Gasteiger partial charge in [0, 0.05) is 5.92 Å². The first-order valence-electron chi connectivity index (χ1n) is 12.3. The minimum atomic E-state index is -1.19. The second-order valence-electron chi connectivity index (χ2n) is 10.7. The van der Waals surface area contributed by atoms with E-state index in [0.717, 1.165) is 22.3 Å². The molecule has 1 saturated heterocycles. The lowest BCUT2D eigenvalue weighted by Gasteiger charge is -2.31. The highest BCUT2D eigenvalue weighted by molar-refractivity contribution is 5.83. The zero-order chi connectivity index (χ0) is 27.0. The van der Waals surface area contributed by atoms with Crippen LogP contribution in [0.1, 0.15) is 51.7 Å². The van der Waals surface area contributed by atoms with Crippen molar-refractivity contribution in [3.05, 3.63) is 59.7 Å². The lowest BCUT2D eigenvalue weighted by Crippen LogP contribution is -2.51. The van der Waals surface area contributed by atoms with Gasteiger partial charge >= 0.3 is 18.2 Å². The quantitative estimate of drug-likeness (QED) is 0.469. The van der Waals surface area contributed by atoms with Crippen LogP contribution in [0.25, 0.3) is 11.1 Å². The van der Waals surface area contributed by atoms with Crippen LogP contribution in [0.3, 0.4) is 0 Å². The maximum Gasteiger partial charge on any atom is 0.412 e. The van der Waals surface area contributed by atoms with E-state index >= 15 is 0 Å². The standard InChI is InChI=1S/C28H34N2O7/c1-27(2,3)37-26(33)30-15-22(36-28(30,4)5)23(24(31)34-6)29-25(32)35-16-21-19-13-9-7-11-17(19)18-12-8-10-14-20(18)21/h7-14,21-23H,15-16H2,1-6H3,(H,29,32)/t22-,23-/m0/s1. The molecule has 2 aromatic carbocycles. The summed E-state index contributed by atoms with van der Waals surface area (Å²) >= 11 is 0. The van der Waals surface area contributed by atoms with E-state index < -0.39 is 41.6 Å². The number of fused-ring (bicyclic) bond motifs is 3. The van der Waals surface area contributed by atoms with Gasteiger partial charge in [-0.25, -0.2) is 14.4 Å². The molecule has 1 aliphatic carbocycles. The number of methoxy groups -OCH3 is 1. The molecule has 4 rings (SSSR count). The Morgan fingerprint density at radius 1 is 1.05 bits per heavy atom. The molecular weight excluding hydrogens is 476 g/mol. The summed E-state index contributed by atoms with van der Waals surface area (Å²) < 4.78 is 22.0. The Kier molecular flexibility index (Phi) is 7.19. The molecule has 1 heterocycles. The second kappa shape index (κ2) is 10.0. The van der Waals surface area contributed by atoms with Gasteiger partial charge in [-0.3, -0.25) is 4.90 Å². The Morgan fingerprint density at radius 3 is 2.16 bits per heavy atom. The number of carbonyl (C=O) groups excluding carboxylic acids is 3. The van der Waals surface area contributed by atoms with Crippen LogP contribution < -0.4 is 5.32 Å². The van der Waals surface area contributed by atoms with Crippen LogP contribution >= 0.6 is 0 Å². The molecule has 0 bridgehead atoms. The lowest BCUT2D eigenvalue weighted by atomic mass is 9.98. The van der Waals surface area contributed by atoms with Crippen molar-refractivity contribution in [1.82, 2.24) is 10.2 Å². The van der Waals surface area contributed by atoms with Crippen LogP contribution in [0.15, 0.2) is 48.5 Å². The van der Waals surface area contributed by atoms with E-state index in [1.165, 1.54) is 12.0 Å². The number of rotatable bonds is 5. The van der Waals surface area contributed by atoms with Crippen molar-refractivity contribution in [3.8, 4) is 11.1 Å². The van der Waals surface area contributed by atoms with Gasteiger partial charge in [-0.15, -0.1) is 0 Å². The van der Waals surface area contributed by atoms with Gasteiger partial charge in [0.15, 0.2) is 6.04 Å². The van der Waals surface area contributed by atoms with Crippen molar-refractivity contribution in [2.45, 2.75) is 64.0 Å². The van der Waals surface area contributed by atoms with Crippen molar-refractivity contribution in [2.24, 2.45) is 0 Å². The first-order valence-corrected chi connectivity index (χ1v) is 12.3. The Labute approximate surface area is 217 Å². The van der Waals surface area contributed by atoms with E-state index in [-0.39, 0.29) is 19.1 Å². The SMILES string of the molecule is COC(=O)[C@@H](NC(=O)OCC1c2ccccc2-c2ccccc21)[C@@H]1CN(C(=O)OC(C)(C)C)C(C)(C)O1. The average Bonchev–Trinajstić information content (AvgIpc) is 3.33. The Morgan fingerprint density at radius 2 is 1.62 bits per heavy atom. The minimum Gasteiger partial charge on any atom is -0.467 e. The topological polar surface area (TPSA) is 103 Å². The molecule has 198 valence electrons. The van der Waals surface area contributed by atoms with E-state index in [1.807, 2.05) is 36.4 Å². The van der Waals surface area contributed by atoms with Gasteiger partial charge in [-0.1, -0.05) is 48.5 Å². The van der Waals surface area contributed by atoms with Crippen molar-refractivity contribution in [2.75, 3.05) is 20.3 Å². The number of amides is 2. The van der Waals surface area contributed by atoms with Crippen LogP contribution in [0.2, 0.25) is 0 Å². The van der Waals surface area contributed by atoms with Crippen LogP contribution in [-0.2, 0) is 23.7 Å². The summed E-state index contributed by atoms with van der Waals surface area (Å²) in [6.45, 7) is 8.80. The molecule has 0 spiro atoms. The third-order valence-corrected chi connectivity index (χ3v) is 6.51. The first-order chi connectivity index (χ1) is 17.4. The normalized spacial score (nSPS) is 19.0. The van der Waals surface area contributed by atoms with Crippen molar-refractivity contribution in [3.63, 3.8) is 0 Å². The Bertz CT molecular complexity index is 1140. The molecule has 0 saturated carbocycles. The second-order valence-corrected chi connectivity index (χ2v) is 10.7. The molecule has 2 atom stereocenters. The lowest BCUT2D eigenvalue weighted by molar-refractivity contribution is -0.149. The van der Waals surface area contributed by atoms with E-state index in [9.17, 15) is 14.4 Å². The summed E-state index contributed by atoms with van der Waals surface area (Å²) in [5, 5.41) is 2.59. The number of alkyl carbamates (subject to hydrolysis) is 1. The van der Waals surface area contributed by atoms with E-state index in [0.29, 0.717) is 0 Å². The highest BCUT2D eigenvalue weighted by atomic mass is 16.6. The Balaban J connectivity index is 1.45. The number of nitrogens with zero attached hydrogens (tertiary/aromatic N) is 1. The maximum atomic E-state index is 12.9. The zero-order valence-corrected chi connectivity index (χ0v) is 22.1. The zero-order valence-electron chi connectivity index (χ0n) is 22.1. The number of carbonyl (C=O) groups is 3. The summed E-state index contributed by atoms with van der Waals surface area (Å²) in [7, 11) is 1.22. The third kappa shape index (κ3) is 5.56. The number of hydrogen-bond donors (Lipinski definition) is 1. The minimum absolute atomic E-state index is 0.0192. The molecular formula is C28H34N2O7. The smallest absolute Gasteiger partial charge is 0.412 e. The third-order valence-electron chi connectivity index (χ3n) is 6.51. The largest absolute Gasteiger partial charge is 0.467 e. The molecule has 0 unspecified atom stereocenters. The maximum absolute atomic E-state index is 12.9. The van der Waals surface area contributed by atoms with Crippen LogP contribution in [0, 0.1) is 0 Å². The number of benzene rings is 2. The van der Waals surface area contributed by atoms with Gasteiger partial charge in [0.1, 0.15) is 24.0 Å². The van der Waals surface area contributed by atoms with Crippen LogP contribution in [-0.4, -0.2) is 66.8 Å². The Hall–Kier alpha value is -3.59. The van der Waals surface area contributed by atoms with E-state index in [1.54, 1.807) is 34.6 Å². The van der Waals surface area contributed by atoms with Gasteiger partial charge in [-0.05, 0) is 56.9 Å². The van der Waals surface area contributed by atoms with Gasteiger partial charge in [0.2, 0.25) is 0 Å². The summed E-state index contributed by atoms with van der Waals surface area (Å²) in [6, 6.07) is 14.9. The van der Waals surface area contributed by atoms with Gasteiger partial charge in [-0.2, -0.15) is 0 Å². The molecule has 1 aliphatic heterocycles. The fourth-order valence-electron chi connectivity index (χ4n) is 4.85. The fourth-order valence-corrected chi connectivity index (χ4v) is 4.85. The van der Waals surface area contributed by atoms with Gasteiger partial charge in [0.25, 0.3) is 0 Å². The van der Waals surface area contributed by atoms with Crippen molar-refractivity contribution < 1.29 is 33.3 Å². The molecule has 37 heavy (non-hydrogen) atoms. The molecule has 9 heteroatoms. The highest BCUT2D eigenvalue weighted by Crippen LogP contribution is 2.44. The average molecular weight is 511 g/mol. The summed E-state index contributed by atoms with van der Waals surface area (Å²) in [5.41, 5.74) is 2.62. The van der Waals surface area contributed by atoms with Gasteiger partial charge in [0.05, 0.1) is 13.7 Å². The number of ether oxygens (including phenoxy) is 4. The molecule has 0 radical (unpaired) electrons. The molecule has 2 aromatic rings. The van der Waals surface area contributed by atoms with Crippen LogP contribution in [0.4, 0.5) is 9.59 Å². The van der Waals surface area contributed by atoms with E-state index in [2.05, 4.69) is 17.4 Å². The predicted octanol–water partition coefficient (Wildman–Crippen LogP) is 4.44. The van der Waals surface area contributed by atoms with Crippen LogP contribution in [0.5, 0.6) is 0 Å². The van der Waals surface area contributed by atoms with Crippen molar-refractivity contribution >= 4 is 18.2 Å². The number of nitrogens with one attached hydrogen (secondary N) is 1. The predicted molar refractivity (Wildman–Crippen MR) is 136 cm³/mol. The van der Waals surface area contributed by atoms with Crippen molar-refractivity contribution in [1.29, 1.82) is 0 Å². The monoisotopic (exact) mass is 510 g/mol. The summed E-state index contributed by atoms with van der Waals surface area (Å²) in [6.07, 6.45) is -2.23. The number of hydrogen-bond acceptors (Lipinski definition) is 7. The first kappa shape index (κ1) is 26.5. The molecule has 0 aromatic heterocycles. The molecule has 1 fully saturated rings. The molecule has 2 aliphatic rings. The molecule has 9 nitrogen and oxygen atoms in total. The summed E-state index contributed by atoms with van der Waals surface area (Å²) in [5.74, 6) is -0.834. The van der Waals surface area contributed by atoms with E-state index in [4.69, 9.17) is 18.9 Å². The summed E-state index contributed by atoms with van der Waals surface area (Å²) in [4.78, 5) is 39.6. The fraction of sp³-hybridized carbons (Fsp3) is 0.464. The van der Waals surface area contributed by atoms with Gasteiger partial charge < -0.3 is 24.3 Å².